The van der Waals surface area contributed by atoms with E-state index in [2.05, 4.69) is 4.36 Å². The minimum atomic E-state index is -2.30. The van der Waals surface area contributed by atoms with Gasteiger partial charge in [-0.15, -0.1) is 4.36 Å². The Kier molecular flexibility index (Phi) is 5.08. The van der Waals surface area contributed by atoms with Crippen molar-refractivity contribution >= 4 is 21.8 Å². The molecule has 7 nitrogen and oxygen atoms in total. The molecule has 0 aromatic heterocycles. The molecule has 3 saturated heterocycles. The van der Waals surface area contributed by atoms with Crippen LogP contribution in [0, 0.1) is 0 Å². The van der Waals surface area contributed by atoms with Crippen LogP contribution in [0.25, 0.3) is 0 Å². The predicted molar refractivity (Wildman–Crippen MR) is 88.9 cm³/mol. The highest BCUT2D eigenvalue weighted by atomic mass is 32.2. The first-order valence-electron chi connectivity index (χ1n) is 8.63. The largest absolute Gasteiger partial charge is 0.351 e. The number of carbonyl (C=O) groups is 2. The Labute approximate surface area is 138 Å². The maximum Gasteiger partial charge on any atom is 0.351 e. The molecule has 0 aliphatic carbocycles. The molecular weight excluding hydrogens is 316 g/mol. The summed E-state index contributed by atoms with van der Waals surface area (Å²) in [5.41, 5.74) is 0. The van der Waals surface area contributed by atoms with Gasteiger partial charge in [0, 0.05) is 50.8 Å². The van der Waals surface area contributed by atoms with Crippen molar-refractivity contribution in [2.24, 2.45) is 4.36 Å². The van der Waals surface area contributed by atoms with E-state index in [0.29, 0.717) is 37.7 Å². The summed E-state index contributed by atoms with van der Waals surface area (Å²) >= 11 is 0. The Hall–Kier alpha value is -1.31. The van der Waals surface area contributed by atoms with Crippen LogP contribution in [0.2, 0.25) is 0 Å². The first-order chi connectivity index (χ1) is 11.1. The van der Waals surface area contributed by atoms with E-state index in [0.717, 1.165) is 38.8 Å². The van der Waals surface area contributed by atoms with E-state index in [1.165, 1.54) is 6.42 Å². The number of hydrogen-bond donors (Lipinski definition) is 0. The molecule has 0 atom stereocenters. The molecule has 0 N–H and O–H groups in total. The topological polar surface area (TPSA) is 73.3 Å². The van der Waals surface area contributed by atoms with Gasteiger partial charge in [-0.25, -0.2) is 13.8 Å². The monoisotopic (exact) mass is 342 g/mol. The summed E-state index contributed by atoms with van der Waals surface area (Å²) in [4.78, 5) is 30.0. The lowest BCUT2D eigenvalue weighted by Gasteiger charge is -2.38. The molecule has 3 fully saturated rings. The summed E-state index contributed by atoms with van der Waals surface area (Å²) < 4.78 is 16.3. The first kappa shape index (κ1) is 16.5. The van der Waals surface area contributed by atoms with Crippen LogP contribution in [0.1, 0.15) is 32.1 Å². The average Bonchev–Trinajstić information content (AvgIpc) is 3.01. The number of rotatable bonds is 0. The number of piperazine rings is 1. The third-order valence-corrected chi connectivity index (χ3v) is 7.21. The zero-order chi connectivity index (χ0) is 16.3. The number of carbonyl (C=O) groups excluding carboxylic acids is 2. The van der Waals surface area contributed by atoms with Crippen LogP contribution >= 0.6 is 0 Å². The molecule has 0 spiro atoms. The van der Waals surface area contributed by atoms with E-state index in [-0.39, 0.29) is 12.1 Å². The highest BCUT2D eigenvalue weighted by molar-refractivity contribution is 7.94. The third-order valence-electron chi connectivity index (χ3n) is 4.87. The normalized spacial score (nSPS) is 24.6. The van der Waals surface area contributed by atoms with Gasteiger partial charge in [-0.1, -0.05) is 0 Å². The second-order valence-electron chi connectivity index (χ2n) is 6.57. The Balaban J connectivity index is 1.53. The molecule has 23 heavy (non-hydrogen) atoms. The standard InChI is InChI=1S/C15H26N4O3S/c20-14(16-23(22)12-4-5-13-23)17-8-10-19(11-9-17)15(21)18-6-2-1-3-7-18/h1-13H2. The van der Waals surface area contributed by atoms with E-state index in [9.17, 15) is 13.8 Å². The van der Waals surface area contributed by atoms with Crippen LogP contribution in [-0.4, -0.2) is 81.7 Å². The SMILES string of the molecule is O=C(N=S1(=O)CCCC1)N1CCN(C(=O)N2CCCCC2)CC1. The van der Waals surface area contributed by atoms with E-state index in [1.807, 2.05) is 9.80 Å². The Morgan fingerprint density at radius 1 is 0.696 bits per heavy atom. The minimum Gasteiger partial charge on any atom is -0.325 e. The molecule has 130 valence electrons. The smallest absolute Gasteiger partial charge is 0.325 e. The highest BCUT2D eigenvalue weighted by Crippen LogP contribution is 2.16. The van der Waals surface area contributed by atoms with Crippen molar-refractivity contribution in [1.29, 1.82) is 0 Å². The molecule has 3 heterocycles. The van der Waals surface area contributed by atoms with Gasteiger partial charge in [0.15, 0.2) is 0 Å². The van der Waals surface area contributed by atoms with Crippen LogP contribution in [-0.2, 0) is 9.73 Å². The minimum absolute atomic E-state index is 0.0930. The van der Waals surface area contributed by atoms with Crippen molar-refractivity contribution < 1.29 is 13.8 Å². The second-order valence-corrected chi connectivity index (χ2v) is 9.11. The van der Waals surface area contributed by atoms with Gasteiger partial charge < -0.3 is 14.7 Å². The molecule has 0 radical (unpaired) electrons. The van der Waals surface area contributed by atoms with E-state index in [4.69, 9.17) is 0 Å². The molecule has 0 bridgehead atoms. The summed E-state index contributed by atoms with van der Waals surface area (Å²) in [6.45, 7) is 3.73. The molecule has 3 aliphatic heterocycles. The summed E-state index contributed by atoms with van der Waals surface area (Å²) in [6, 6.07) is -0.266. The van der Waals surface area contributed by atoms with Crippen molar-refractivity contribution in [3.05, 3.63) is 0 Å². The Morgan fingerprint density at radius 3 is 1.83 bits per heavy atom. The molecule has 0 aromatic carbocycles. The molecule has 0 saturated carbocycles. The number of hydrogen-bond acceptors (Lipinski definition) is 3. The number of piperidine rings is 1. The fraction of sp³-hybridized carbons (Fsp3) is 0.867. The van der Waals surface area contributed by atoms with Gasteiger partial charge in [0.1, 0.15) is 0 Å². The number of amides is 4. The summed E-state index contributed by atoms with van der Waals surface area (Å²) in [7, 11) is -2.30. The van der Waals surface area contributed by atoms with Crippen molar-refractivity contribution in [2.75, 3.05) is 50.8 Å². The quantitative estimate of drug-likeness (QED) is 0.671. The van der Waals surface area contributed by atoms with Crippen molar-refractivity contribution in [3.63, 3.8) is 0 Å². The summed E-state index contributed by atoms with van der Waals surface area (Å²) in [5, 5.41) is 0. The zero-order valence-corrected chi connectivity index (χ0v) is 14.4. The summed E-state index contributed by atoms with van der Waals surface area (Å²) in [6.07, 6.45) is 5.16. The first-order valence-corrected chi connectivity index (χ1v) is 10.5. The Morgan fingerprint density at radius 2 is 1.22 bits per heavy atom. The van der Waals surface area contributed by atoms with E-state index in [1.54, 1.807) is 4.90 Å². The fourth-order valence-electron chi connectivity index (χ4n) is 3.42. The van der Waals surface area contributed by atoms with Gasteiger partial charge in [-0.2, -0.15) is 0 Å². The van der Waals surface area contributed by atoms with Crippen LogP contribution in [0.3, 0.4) is 0 Å². The van der Waals surface area contributed by atoms with E-state index < -0.39 is 9.73 Å². The molecular formula is C15H26N4O3S. The lowest BCUT2D eigenvalue weighted by atomic mass is 10.1. The third kappa shape index (κ3) is 3.97. The van der Waals surface area contributed by atoms with Gasteiger partial charge in [-0.05, 0) is 32.1 Å². The van der Waals surface area contributed by atoms with Crippen molar-refractivity contribution in [2.45, 2.75) is 32.1 Å². The molecule has 0 unspecified atom stereocenters. The molecule has 3 aliphatic rings. The van der Waals surface area contributed by atoms with Crippen molar-refractivity contribution in [3.8, 4) is 0 Å². The van der Waals surface area contributed by atoms with Crippen molar-refractivity contribution in [1.82, 2.24) is 14.7 Å². The second kappa shape index (κ2) is 7.07. The number of likely N-dealkylation sites (tertiary alicyclic amines) is 1. The van der Waals surface area contributed by atoms with Gasteiger partial charge in [0.2, 0.25) is 0 Å². The highest BCUT2D eigenvalue weighted by Gasteiger charge is 2.28. The molecule has 4 amide bonds. The lowest BCUT2D eigenvalue weighted by molar-refractivity contribution is 0.115. The zero-order valence-electron chi connectivity index (χ0n) is 13.6. The van der Waals surface area contributed by atoms with Gasteiger partial charge in [0.05, 0.1) is 9.73 Å². The predicted octanol–water partition coefficient (Wildman–Crippen LogP) is 1.59. The van der Waals surface area contributed by atoms with Gasteiger partial charge in [0.25, 0.3) is 0 Å². The van der Waals surface area contributed by atoms with E-state index >= 15 is 0 Å². The van der Waals surface area contributed by atoms with Crippen LogP contribution in [0.5, 0.6) is 0 Å². The Bertz CT molecular complexity index is 559. The van der Waals surface area contributed by atoms with Crippen LogP contribution in [0.15, 0.2) is 4.36 Å². The number of urea groups is 2. The number of nitrogens with zero attached hydrogens (tertiary/aromatic N) is 4. The molecule has 3 rings (SSSR count). The van der Waals surface area contributed by atoms with Gasteiger partial charge >= 0.3 is 12.1 Å². The van der Waals surface area contributed by atoms with Gasteiger partial charge in [-0.3, -0.25) is 0 Å². The van der Waals surface area contributed by atoms with Crippen LogP contribution < -0.4 is 0 Å². The average molecular weight is 342 g/mol. The lowest BCUT2D eigenvalue weighted by Crippen LogP contribution is -2.54. The molecule has 0 aromatic rings. The fourth-order valence-corrected chi connectivity index (χ4v) is 5.52. The summed E-state index contributed by atoms with van der Waals surface area (Å²) in [5.74, 6) is 1.10. The maximum atomic E-state index is 12.4. The van der Waals surface area contributed by atoms with Crippen LogP contribution in [0.4, 0.5) is 9.59 Å². The molecule has 8 heteroatoms. The maximum absolute atomic E-state index is 12.4.